The molecule has 0 atom stereocenters. The van der Waals surface area contributed by atoms with Gasteiger partial charge in [0.05, 0.1) is 6.61 Å². The summed E-state index contributed by atoms with van der Waals surface area (Å²) in [5, 5.41) is 0. The number of hydrogen-bond acceptors (Lipinski definition) is 4. The van der Waals surface area contributed by atoms with Crippen molar-refractivity contribution >= 4 is 5.78 Å². The predicted molar refractivity (Wildman–Crippen MR) is 74.5 cm³/mol. The van der Waals surface area contributed by atoms with Crippen molar-refractivity contribution in [2.75, 3.05) is 20.3 Å². The van der Waals surface area contributed by atoms with Gasteiger partial charge < -0.3 is 9.47 Å². The number of rotatable bonds is 7. The maximum atomic E-state index is 11.2. The minimum Gasteiger partial charge on any atom is -0.493 e. The van der Waals surface area contributed by atoms with E-state index in [1.807, 2.05) is 12.1 Å². The Labute approximate surface area is 115 Å². The van der Waals surface area contributed by atoms with Crippen LogP contribution in [0.2, 0.25) is 0 Å². The van der Waals surface area contributed by atoms with E-state index >= 15 is 0 Å². The van der Waals surface area contributed by atoms with Crippen molar-refractivity contribution in [2.45, 2.75) is 39.0 Å². The molecule has 1 heterocycles. The van der Waals surface area contributed by atoms with Crippen LogP contribution >= 0.6 is 0 Å². The molecule has 0 bridgehead atoms. The lowest BCUT2D eigenvalue weighted by Crippen LogP contribution is -2.13. The van der Waals surface area contributed by atoms with Crippen LogP contribution in [-0.2, 0) is 14.9 Å². The van der Waals surface area contributed by atoms with Crippen LogP contribution in [-0.4, -0.2) is 31.1 Å². The molecule has 0 unspecified atom stereocenters. The number of Topliss-reactive ketones (excluding diaryl/α,β-unsaturated/α-hetero) is 1. The van der Waals surface area contributed by atoms with Crippen LogP contribution in [0.4, 0.5) is 0 Å². The number of carbonyl (C=O) groups excluding carboxylic acids is 1. The zero-order valence-corrected chi connectivity index (χ0v) is 12.2. The summed E-state index contributed by atoms with van der Waals surface area (Å²) in [6, 6.07) is 3.79. The molecule has 0 amide bonds. The Morgan fingerprint density at radius 1 is 1.37 bits per heavy atom. The van der Waals surface area contributed by atoms with Crippen molar-refractivity contribution < 1.29 is 14.3 Å². The third kappa shape index (κ3) is 5.83. The molecular formula is C15H23NO3. The number of aromatic nitrogens is 1. The number of methoxy groups -OCH3 is 1. The summed E-state index contributed by atoms with van der Waals surface area (Å²) >= 11 is 0. The van der Waals surface area contributed by atoms with E-state index in [-0.39, 0.29) is 17.8 Å². The topological polar surface area (TPSA) is 48.4 Å². The molecule has 0 saturated carbocycles. The highest BCUT2D eigenvalue weighted by Crippen LogP contribution is 2.23. The maximum Gasteiger partial charge on any atom is 0.158 e. The van der Waals surface area contributed by atoms with Gasteiger partial charge >= 0.3 is 0 Å². The quantitative estimate of drug-likeness (QED) is 0.711. The second-order valence-corrected chi connectivity index (χ2v) is 5.55. The summed E-state index contributed by atoms with van der Waals surface area (Å²) in [7, 11) is 1.53. The number of pyridine rings is 1. The van der Waals surface area contributed by atoms with Gasteiger partial charge in [0.15, 0.2) is 5.78 Å². The molecule has 0 aliphatic carbocycles. The van der Waals surface area contributed by atoms with Crippen LogP contribution in [0.1, 0.15) is 39.3 Å². The average molecular weight is 265 g/mol. The fourth-order valence-electron chi connectivity index (χ4n) is 1.60. The van der Waals surface area contributed by atoms with E-state index < -0.39 is 0 Å². The minimum atomic E-state index is 0.00774. The Hall–Kier alpha value is -1.42. The van der Waals surface area contributed by atoms with Gasteiger partial charge in [-0.15, -0.1) is 0 Å². The van der Waals surface area contributed by atoms with E-state index in [0.29, 0.717) is 19.4 Å². The van der Waals surface area contributed by atoms with E-state index in [1.54, 1.807) is 6.20 Å². The Morgan fingerprint density at radius 2 is 2.11 bits per heavy atom. The Morgan fingerprint density at radius 3 is 2.74 bits per heavy atom. The molecule has 0 spiro atoms. The monoisotopic (exact) mass is 265 g/mol. The third-order valence-corrected chi connectivity index (χ3v) is 2.67. The van der Waals surface area contributed by atoms with E-state index in [0.717, 1.165) is 11.4 Å². The first-order chi connectivity index (χ1) is 8.93. The van der Waals surface area contributed by atoms with Gasteiger partial charge in [0.1, 0.15) is 12.4 Å². The van der Waals surface area contributed by atoms with Crippen LogP contribution < -0.4 is 4.74 Å². The first kappa shape index (κ1) is 15.6. The SMILES string of the molecule is COCC(=O)CCCOc1ccnc(C(C)(C)C)c1. The zero-order chi connectivity index (χ0) is 14.3. The van der Waals surface area contributed by atoms with Gasteiger partial charge in [-0.3, -0.25) is 9.78 Å². The molecule has 1 aromatic heterocycles. The van der Waals surface area contributed by atoms with Crippen LogP contribution in [0.25, 0.3) is 0 Å². The van der Waals surface area contributed by atoms with E-state index in [1.165, 1.54) is 7.11 Å². The highest BCUT2D eigenvalue weighted by atomic mass is 16.5. The van der Waals surface area contributed by atoms with Crippen molar-refractivity contribution in [3.63, 3.8) is 0 Å². The Kier molecular flexibility index (Phi) is 5.96. The molecule has 0 N–H and O–H groups in total. The summed E-state index contributed by atoms with van der Waals surface area (Å²) in [5.74, 6) is 0.912. The summed E-state index contributed by atoms with van der Waals surface area (Å²) in [6.45, 7) is 7.06. The second kappa shape index (κ2) is 7.24. The molecule has 19 heavy (non-hydrogen) atoms. The first-order valence-corrected chi connectivity index (χ1v) is 6.53. The van der Waals surface area contributed by atoms with Gasteiger partial charge in [-0.05, 0) is 12.5 Å². The largest absolute Gasteiger partial charge is 0.493 e. The van der Waals surface area contributed by atoms with Crippen molar-refractivity contribution in [3.8, 4) is 5.75 Å². The van der Waals surface area contributed by atoms with Gasteiger partial charge in [0.25, 0.3) is 0 Å². The van der Waals surface area contributed by atoms with E-state index in [4.69, 9.17) is 9.47 Å². The highest BCUT2D eigenvalue weighted by Gasteiger charge is 2.15. The molecule has 0 aromatic carbocycles. The summed E-state index contributed by atoms with van der Waals surface area (Å²) in [4.78, 5) is 15.6. The molecule has 0 aliphatic rings. The highest BCUT2D eigenvalue weighted by molar-refractivity contribution is 5.79. The summed E-state index contributed by atoms with van der Waals surface area (Å²) in [5.41, 5.74) is 1.01. The van der Waals surface area contributed by atoms with Gasteiger partial charge in [0, 0.05) is 36.9 Å². The van der Waals surface area contributed by atoms with E-state index in [9.17, 15) is 4.79 Å². The number of nitrogens with zero attached hydrogens (tertiary/aromatic N) is 1. The lowest BCUT2D eigenvalue weighted by Gasteiger charge is -2.18. The Balaban J connectivity index is 2.40. The van der Waals surface area contributed by atoms with Crippen molar-refractivity contribution in [3.05, 3.63) is 24.0 Å². The van der Waals surface area contributed by atoms with Gasteiger partial charge in [0.2, 0.25) is 0 Å². The molecule has 0 aliphatic heterocycles. The molecule has 106 valence electrons. The van der Waals surface area contributed by atoms with Crippen molar-refractivity contribution in [1.29, 1.82) is 0 Å². The summed E-state index contributed by atoms with van der Waals surface area (Å²) in [6.07, 6.45) is 2.95. The van der Waals surface area contributed by atoms with Crippen LogP contribution in [0.5, 0.6) is 5.75 Å². The molecule has 4 heteroatoms. The fraction of sp³-hybridized carbons (Fsp3) is 0.600. The second-order valence-electron chi connectivity index (χ2n) is 5.55. The van der Waals surface area contributed by atoms with E-state index in [2.05, 4.69) is 25.8 Å². The first-order valence-electron chi connectivity index (χ1n) is 6.53. The lowest BCUT2D eigenvalue weighted by atomic mass is 9.92. The van der Waals surface area contributed by atoms with Gasteiger partial charge in [-0.2, -0.15) is 0 Å². The van der Waals surface area contributed by atoms with Crippen LogP contribution in [0.15, 0.2) is 18.3 Å². The normalized spacial score (nSPS) is 11.4. The maximum absolute atomic E-state index is 11.2. The number of ether oxygens (including phenoxy) is 2. The predicted octanol–water partition coefficient (Wildman–Crippen LogP) is 2.75. The number of carbonyl (C=O) groups is 1. The minimum absolute atomic E-state index is 0.00774. The average Bonchev–Trinajstić information content (AvgIpc) is 2.34. The van der Waals surface area contributed by atoms with Crippen molar-refractivity contribution in [1.82, 2.24) is 4.98 Å². The molecule has 0 saturated heterocycles. The summed E-state index contributed by atoms with van der Waals surface area (Å²) < 4.78 is 10.4. The molecule has 0 radical (unpaired) electrons. The van der Waals surface area contributed by atoms with Crippen LogP contribution in [0.3, 0.4) is 0 Å². The smallest absolute Gasteiger partial charge is 0.158 e. The van der Waals surface area contributed by atoms with Gasteiger partial charge in [-0.25, -0.2) is 0 Å². The van der Waals surface area contributed by atoms with Crippen molar-refractivity contribution in [2.24, 2.45) is 0 Å². The zero-order valence-electron chi connectivity index (χ0n) is 12.2. The third-order valence-electron chi connectivity index (χ3n) is 2.67. The molecular weight excluding hydrogens is 242 g/mol. The Bertz CT molecular complexity index is 410. The van der Waals surface area contributed by atoms with Crippen LogP contribution in [0, 0.1) is 0 Å². The van der Waals surface area contributed by atoms with Gasteiger partial charge in [-0.1, -0.05) is 20.8 Å². The lowest BCUT2D eigenvalue weighted by molar-refractivity contribution is -0.122. The number of ketones is 1. The number of hydrogen-bond donors (Lipinski definition) is 0. The molecule has 1 aromatic rings. The fourth-order valence-corrected chi connectivity index (χ4v) is 1.60. The molecule has 4 nitrogen and oxygen atoms in total. The standard InChI is InChI=1S/C15H23NO3/c1-15(2,3)14-10-13(7-8-16-14)19-9-5-6-12(17)11-18-4/h7-8,10H,5-6,9,11H2,1-4H3. The molecule has 0 fully saturated rings. The molecule has 1 rings (SSSR count).